The fourth-order valence-electron chi connectivity index (χ4n) is 1.75. The first-order valence-electron chi connectivity index (χ1n) is 6.49. The van der Waals surface area contributed by atoms with Crippen LogP contribution in [0.25, 0.3) is 0 Å². The predicted molar refractivity (Wildman–Crippen MR) is 69.5 cm³/mol. The van der Waals surface area contributed by atoms with Gasteiger partial charge in [-0.3, -0.25) is 9.69 Å². The first-order valence-corrected chi connectivity index (χ1v) is 6.49. The molecular formula is C13H28N2O. The normalized spacial score (nSPS) is 12.9. The van der Waals surface area contributed by atoms with Crippen molar-refractivity contribution < 1.29 is 4.79 Å². The van der Waals surface area contributed by atoms with Gasteiger partial charge in [0.05, 0.1) is 6.04 Å². The number of carbonyl (C=O) groups is 1. The van der Waals surface area contributed by atoms with Crippen LogP contribution in [0.1, 0.15) is 46.5 Å². The average molecular weight is 228 g/mol. The van der Waals surface area contributed by atoms with Gasteiger partial charge in [-0.2, -0.15) is 0 Å². The van der Waals surface area contributed by atoms with Gasteiger partial charge in [0, 0.05) is 14.1 Å². The maximum Gasteiger partial charge on any atom is 0.239 e. The van der Waals surface area contributed by atoms with Crippen LogP contribution in [0.5, 0.6) is 0 Å². The molecule has 0 spiro atoms. The number of amides is 1. The van der Waals surface area contributed by atoms with Crippen molar-refractivity contribution in [1.82, 2.24) is 9.80 Å². The van der Waals surface area contributed by atoms with E-state index < -0.39 is 0 Å². The highest BCUT2D eigenvalue weighted by atomic mass is 16.2. The molecule has 0 aromatic carbocycles. The summed E-state index contributed by atoms with van der Waals surface area (Å²) in [6, 6.07) is 0.0214. The van der Waals surface area contributed by atoms with Crippen molar-refractivity contribution in [1.29, 1.82) is 0 Å². The molecule has 0 N–H and O–H groups in total. The van der Waals surface area contributed by atoms with Gasteiger partial charge in [0.1, 0.15) is 0 Å². The Labute approximate surface area is 101 Å². The van der Waals surface area contributed by atoms with E-state index in [-0.39, 0.29) is 11.9 Å². The largest absolute Gasteiger partial charge is 0.347 e. The SMILES string of the molecule is CCCCN(CCCC)C(C)C(=O)N(C)C. The van der Waals surface area contributed by atoms with E-state index in [9.17, 15) is 4.79 Å². The van der Waals surface area contributed by atoms with E-state index in [4.69, 9.17) is 0 Å². The highest BCUT2D eigenvalue weighted by Gasteiger charge is 2.21. The summed E-state index contributed by atoms with van der Waals surface area (Å²) in [6.45, 7) is 8.48. The van der Waals surface area contributed by atoms with Crippen molar-refractivity contribution in [3.05, 3.63) is 0 Å². The Morgan fingerprint density at radius 2 is 1.50 bits per heavy atom. The van der Waals surface area contributed by atoms with Crippen molar-refractivity contribution in [2.45, 2.75) is 52.5 Å². The third kappa shape index (κ3) is 5.50. The van der Waals surface area contributed by atoms with Crippen LogP contribution in [0.15, 0.2) is 0 Å². The van der Waals surface area contributed by atoms with Crippen LogP contribution >= 0.6 is 0 Å². The predicted octanol–water partition coefficient (Wildman–Crippen LogP) is 2.37. The minimum Gasteiger partial charge on any atom is -0.347 e. The second-order valence-electron chi connectivity index (χ2n) is 4.65. The number of carbonyl (C=O) groups excluding carboxylic acids is 1. The summed E-state index contributed by atoms with van der Waals surface area (Å²) in [5, 5.41) is 0. The van der Waals surface area contributed by atoms with Crippen molar-refractivity contribution in [2.75, 3.05) is 27.2 Å². The topological polar surface area (TPSA) is 23.6 Å². The zero-order chi connectivity index (χ0) is 12.6. The molecule has 1 atom stereocenters. The summed E-state index contributed by atoms with van der Waals surface area (Å²) in [4.78, 5) is 15.9. The molecule has 3 heteroatoms. The number of rotatable bonds is 8. The van der Waals surface area contributed by atoms with Gasteiger partial charge in [-0.05, 0) is 32.9 Å². The van der Waals surface area contributed by atoms with Crippen molar-refractivity contribution in [3.8, 4) is 0 Å². The Kier molecular flexibility index (Phi) is 8.26. The zero-order valence-electron chi connectivity index (χ0n) is 11.6. The molecule has 1 amide bonds. The number of likely N-dealkylation sites (N-methyl/N-ethyl adjacent to an activating group) is 1. The summed E-state index contributed by atoms with van der Waals surface area (Å²) >= 11 is 0. The van der Waals surface area contributed by atoms with Crippen LogP contribution in [-0.2, 0) is 4.79 Å². The van der Waals surface area contributed by atoms with Gasteiger partial charge in [-0.1, -0.05) is 26.7 Å². The van der Waals surface area contributed by atoms with Crippen molar-refractivity contribution in [2.24, 2.45) is 0 Å². The Balaban J connectivity index is 4.29. The molecule has 0 heterocycles. The van der Waals surface area contributed by atoms with E-state index in [1.165, 1.54) is 25.7 Å². The van der Waals surface area contributed by atoms with E-state index in [0.29, 0.717) is 0 Å². The monoisotopic (exact) mass is 228 g/mol. The zero-order valence-corrected chi connectivity index (χ0v) is 11.6. The lowest BCUT2D eigenvalue weighted by Gasteiger charge is -2.29. The molecule has 96 valence electrons. The summed E-state index contributed by atoms with van der Waals surface area (Å²) < 4.78 is 0. The number of hydrogen-bond donors (Lipinski definition) is 0. The summed E-state index contributed by atoms with van der Waals surface area (Å²) in [5.41, 5.74) is 0. The highest BCUT2D eigenvalue weighted by Crippen LogP contribution is 2.06. The molecule has 0 aliphatic rings. The molecule has 0 saturated heterocycles. The van der Waals surface area contributed by atoms with Gasteiger partial charge in [-0.15, -0.1) is 0 Å². The molecule has 0 aliphatic carbocycles. The van der Waals surface area contributed by atoms with E-state index in [1.807, 2.05) is 21.0 Å². The molecule has 0 bridgehead atoms. The van der Waals surface area contributed by atoms with Crippen molar-refractivity contribution >= 4 is 5.91 Å². The molecule has 0 radical (unpaired) electrons. The first-order chi connectivity index (χ1) is 7.54. The molecule has 0 saturated carbocycles. The van der Waals surface area contributed by atoms with Crippen LogP contribution in [-0.4, -0.2) is 48.9 Å². The molecule has 0 aliphatic heterocycles. The van der Waals surface area contributed by atoms with Gasteiger partial charge < -0.3 is 4.90 Å². The maximum atomic E-state index is 11.9. The standard InChI is InChI=1S/C13H28N2O/c1-6-8-10-15(11-9-7-2)12(3)13(16)14(4)5/h12H,6-11H2,1-5H3. The second kappa shape index (κ2) is 8.57. The third-order valence-corrected chi connectivity index (χ3v) is 2.94. The van der Waals surface area contributed by atoms with Crippen LogP contribution in [0.4, 0.5) is 0 Å². The fraction of sp³-hybridized carbons (Fsp3) is 0.923. The minimum atomic E-state index is 0.0214. The molecule has 0 aromatic rings. The number of hydrogen-bond acceptors (Lipinski definition) is 2. The minimum absolute atomic E-state index is 0.0214. The Bertz CT molecular complexity index is 184. The Morgan fingerprint density at radius 3 is 1.81 bits per heavy atom. The molecule has 0 fully saturated rings. The first kappa shape index (κ1) is 15.4. The van der Waals surface area contributed by atoms with E-state index in [2.05, 4.69) is 18.7 Å². The van der Waals surface area contributed by atoms with E-state index in [0.717, 1.165) is 13.1 Å². The Morgan fingerprint density at radius 1 is 1.06 bits per heavy atom. The molecule has 1 unspecified atom stereocenters. The van der Waals surface area contributed by atoms with Gasteiger partial charge in [0.25, 0.3) is 0 Å². The lowest BCUT2D eigenvalue weighted by atomic mass is 10.2. The molecule has 0 aromatic heterocycles. The van der Waals surface area contributed by atoms with Gasteiger partial charge in [0.2, 0.25) is 5.91 Å². The molecular weight excluding hydrogens is 200 g/mol. The fourth-order valence-corrected chi connectivity index (χ4v) is 1.75. The number of nitrogens with zero attached hydrogens (tertiary/aromatic N) is 2. The van der Waals surface area contributed by atoms with Crippen LogP contribution in [0.3, 0.4) is 0 Å². The summed E-state index contributed by atoms with van der Waals surface area (Å²) in [7, 11) is 3.66. The van der Waals surface area contributed by atoms with Crippen LogP contribution < -0.4 is 0 Å². The molecule has 0 rings (SSSR count). The smallest absolute Gasteiger partial charge is 0.239 e. The third-order valence-electron chi connectivity index (χ3n) is 2.94. The van der Waals surface area contributed by atoms with Gasteiger partial charge in [0.15, 0.2) is 0 Å². The number of unbranched alkanes of at least 4 members (excludes halogenated alkanes) is 2. The molecule has 3 nitrogen and oxygen atoms in total. The quantitative estimate of drug-likeness (QED) is 0.637. The van der Waals surface area contributed by atoms with Crippen LogP contribution in [0.2, 0.25) is 0 Å². The lowest BCUT2D eigenvalue weighted by Crippen LogP contribution is -2.45. The van der Waals surface area contributed by atoms with Gasteiger partial charge >= 0.3 is 0 Å². The Hall–Kier alpha value is -0.570. The average Bonchev–Trinajstić information content (AvgIpc) is 2.27. The highest BCUT2D eigenvalue weighted by molar-refractivity contribution is 5.80. The summed E-state index contributed by atoms with van der Waals surface area (Å²) in [6.07, 6.45) is 4.72. The second-order valence-corrected chi connectivity index (χ2v) is 4.65. The maximum absolute atomic E-state index is 11.9. The van der Waals surface area contributed by atoms with Crippen molar-refractivity contribution in [3.63, 3.8) is 0 Å². The van der Waals surface area contributed by atoms with Gasteiger partial charge in [-0.25, -0.2) is 0 Å². The summed E-state index contributed by atoms with van der Waals surface area (Å²) in [5.74, 6) is 0.215. The molecule has 16 heavy (non-hydrogen) atoms. The lowest BCUT2D eigenvalue weighted by molar-refractivity contribution is -0.133. The van der Waals surface area contributed by atoms with E-state index in [1.54, 1.807) is 4.90 Å². The van der Waals surface area contributed by atoms with Crippen LogP contribution in [0, 0.1) is 0 Å². The van der Waals surface area contributed by atoms with E-state index >= 15 is 0 Å².